The molecule has 2 heterocycles. The van der Waals surface area contributed by atoms with Crippen LogP contribution in [0.1, 0.15) is 31.2 Å². The zero-order valence-corrected chi connectivity index (χ0v) is 15.5. The van der Waals surface area contributed by atoms with E-state index >= 15 is 0 Å². The van der Waals surface area contributed by atoms with Crippen molar-refractivity contribution >= 4 is 15.9 Å². The SMILES string of the molecule is O=C(CCNS(=O)(=O)c1cnn(Cc2ccccc2)c1)N1CCCCC1. The molecule has 7 nitrogen and oxygen atoms in total. The van der Waals surface area contributed by atoms with E-state index in [9.17, 15) is 13.2 Å². The van der Waals surface area contributed by atoms with Gasteiger partial charge in [-0.15, -0.1) is 0 Å². The maximum absolute atomic E-state index is 12.4. The molecule has 26 heavy (non-hydrogen) atoms. The quantitative estimate of drug-likeness (QED) is 0.796. The number of nitrogens with one attached hydrogen (secondary N) is 1. The molecule has 8 heteroatoms. The number of nitrogens with zero attached hydrogens (tertiary/aromatic N) is 3. The smallest absolute Gasteiger partial charge is 0.243 e. The molecule has 3 rings (SSSR count). The van der Waals surface area contributed by atoms with E-state index in [1.54, 1.807) is 4.68 Å². The number of benzene rings is 1. The van der Waals surface area contributed by atoms with Crippen molar-refractivity contribution in [3.63, 3.8) is 0 Å². The number of hydrogen-bond acceptors (Lipinski definition) is 4. The summed E-state index contributed by atoms with van der Waals surface area (Å²) in [6.45, 7) is 2.15. The molecule has 0 atom stereocenters. The third kappa shape index (κ3) is 4.92. The van der Waals surface area contributed by atoms with E-state index in [0.29, 0.717) is 6.54 Å². The van der Waals surface area contributed by atoms with Crippen molar-refractivity contribution in [2.45, 2.75) is 37.1 Å². The van der Waals surface area contributed by atoms with Crippen molar-refractivity contribution in [3.8, 4) is 0 Å². The minimum Gasteiger partial charge on any atom is -0.343 e. The zero-order chi connectivity index (χ0) is 18.4. The van der Waals surface area contributed by atoms with Crippen molar-refractivity contribution in [2.75, 3.05) is 19.6 Å². The molecule has 0 unspecified atom stereocenters. The normalized spacial score (nSPS) is 15.2. The van der Waals surface area contributed by atoms with E-state index in [0.717, 1.165) is 37.9 Å². The molecular weight excluding hydrogens is 352 g/mol. The number of hydrogen-bond donors (Lipinski definition) is 1. The van der Waals surface area contributed by atoms with Gasteiger partial charge in [0.15, 0.2) is 0 Å². The van der Waals surface area contributed by atoms with Gasteiger partial charge in [0.2, 0.25) is 15.9 Å². The van der Waals surface area contributed by atoms with Crippen LogP contribution in [0.3, 0.4) is 0 Å². The van der Waals surface area contributed by atoms with Gasteiger partial charge in [-0.05, 0) is 24.8 Å². The largest absolute Gasteiger partial charge is 0.343 e. The first-order chi connectivity index (χ1) is 12.5. The lowest BCUT2D eigenvalue weighted by molar-refractivity contribution is -0.131. The van der Waals surface area contributed by atoms with Crippen LogP contribution < -0.4 is 4.72 Å². The van der Waals surface area contributed by atoms with E-state index in [4.69, 9.17) is 0 Å². The Morgan fingerprint density at radius 2 is 1.85 bits per heavy atom. The lowest BCUT2D eigenvalue weighted by Crippen LogP contribution is -2.37. The van der Waals surface area contributed by atoms with Gasteiger partial charge in [-0.25, -0.2) is 13.1 Å². The fourth-order valence-electron chi connectivity index (χ4n) is 3.02. The fourth-order valence-corrected chi connectivity index (χ4v) is 4.00. The van der Waals surface area contributed by atoms with Gasteiger partial charge in [0, 0.05) is 32.3 Å². The molecule has 1 aromatic carbocycles. The van der Waals surface area contributed by atoms with Crippen LogP contribution in [-0.2, 0) is 21.4 Å². The van der Waals surface area contributed by atoms with Gasteiger partial charge in [-0.3, -0.25) is 9.48 Å². The van der Waals surface area contributed by atoms with E-state index in [1.165, 1.54) is 12.4 Å². The Morgan fingerprint density at radius 3 is 2.58 bits per heavy atom. The first-order valence-corrected chi connectivity index (χ1v) is 10.4. The summed E-state index contributed by atoms with van der Waals surface area (Å²) in [4.78, 5) is 14.0. The molecule has 1 fully saturated rings. The van der Waals surface area contributed by atoms with Gasteiger partial charge >= 0.3 is 0 Å². The highest BCUT2D eigenvalue weighted by atomic mass is 32.2. The summed E-state index contributed by atoms with van der Waals surface area (Å²) in [5, 5.41) is 4.12. The summed E-state index contributed by atoms with van der Waals surface area (Å²) < 4.78 is 28.8. The molecule has 1 amide bonds. The highest BCUT2D eigenvalue weighted by Crippen LogP contribution is 2.11. The second-order valence-electron chi connectivity index (χ2n) is 6.45. The monoisotopic (exact) mass is 376 g/mol. The Balaban J connectivity index is 1.52. The molecule has 0 aliphatic carbocycles. The van der Waals surface area contributed by atoms with Gasteiger partial charge in [-0.1, -0.05) is 30.3 Å². The maximum atomic E-state index is 12.4. The van der Waals surface area contributed by atoms with Crippen molar-refractivity contribution in [2.24, 2.45) is 0 Å². The van der Waals surface area contributed by atoms with Crippen LogP contribution in [0, 0.1) is 0 Å². The van der Waals surface area contributed by atoms with Crippen molar-refractivity contribution in [1.29, 1.82) is 0 Å². The van der Waals surface area contributed by atoms with Crippen molar-refractivity contribution < 1.29 is 13.2 Å². The molecule has 140 valence electrons. The average Bonchev–Trinajstić information content (AvgIpc) is 3.12. The third-order valence-electron chi connectivity index (χ3n) is 4.45. The summed E-state index contributed by atoms with van der Waals surface area (Å²) in [6.07, 6.45) is 6.22. The fraction of sp³-hybridized carbons (Fsp3) is 0.444. The third-order valence-corrected chi connectivity index (χ3v) is 5.86. The number of amides is 1. The van der Waals surface area contributed by atoms with E-state index in [2.05, 4.69) is 9.82 Å². The molecule has 0 spiro atoms. The highest BCUT2D eigenvalue weighted by Gasteiger charge is 2.19. The number of sulfonamides is 1. The molecule has 1 aliphatic rings. The summed E-state index contributed by atoms with van der Waals surface area (Å²) in [5.74, 6) is 0.00664. The topological polar surface area (TPSA) is 84.3 Å². The average molecular weight is 376 g/mol. The predicted molar refractivity (Wildman–Crippen MR) is 98.0 cm³/mol. The van der Waals surface area contributed by atoms with Crippen LogP contribution in [0.25, 0.3) is 0 Å². The van der Waals surface area contributed by atoms with Crippen LogP contribution >= 0.6 is 0 Å². The second kappa shape index (κ2) is 8.46. The number of likely N-dealkylation sites (tertiary alicyclic amines) is 1. The van der Waals surface area contributed by atoms with E-state index < -0.39 is 10.0 Å². The Labute approximate surface area is 154 Å². The lowest BCUT2D eigenvalue weighted by atomic mass is 10.1. The summed E-state index contributed by atoms with van der Waals surface area (Å²) >= 11 is 0. The number of carbonyl (C=O) groups is 1. The van der Waals surface area contributed by atoms with Gasteiger partial charge in [0.1, 0.15) is 4.90 Å². The molecular formula is C18H24N4O3S. The lowest BCUT2D eigenvalue weighted by Gasteiger charge is -2.26. The number of piperidine rings is 1. The van der Waals surface area contributed by atoms with Crippen molar-refractivity contribution in [3.05, 3.63) is 48.3 Å². The van der Waals surface area contributed by atoms with Gasteiger partial charge < -0.3 is 4.90 Å². The molecule has 2 aromatic rings. The Morgan fingerprint density at radius 1 is 1.12 bits per heavy atom. The minimum absolute atomic E-state index is 0.00664. The molecule has 1 aliphatic heterocycles. The zero-order valence-electron chi connectivity index (χ0n) is 14.7. The summed E-state index contributed by atoms with van der Waals surface area (Å²) in [7, 11) is -3.66. The van der Waals surface area contributed by atoms with Crippen LogP contribution in [0.4, 0.5) is 0 Å². The maximum Gasteiger partial charge on any atom is 0.243 e. The van der Waals surface area contributed by atoms with Crippen LogP contribution in [0.15, 0.2) is 47.6 Å². The molecule has 0 radical (unpaired) electrons. The van der Waals surface area contributed by atoms with Crippen LogP contribution in [-0.4, -0.2) is 48.6 Å². The first-order valence-electron chi connectivity index (χ1n) is 8.88. The molecule has 1 saturated heterocycles. The van der Waals surface area contributed by atoms with E-state index in [-0.39, 0.29) is 23.8 Å². The van der Waals surface area contributed by atoms with Crippen molar-refractivity contribution in [1.82, 2.24) is 19.4 Å². The molecule has 1 aromatic heterocycles. The van der Waals surface area contributed by atoms with E-state index in [1.807, 2.05) is 35.2 Å². The summed E-state index contributed by atoms with van der Waals surface area (Å²) in [6, 6.07) is 9.70. The molecule has 1 N–H and O–H groups in total. The Kier molecular flexibility index (Phi) is 6.05. The predicted octanol–water partition coefficient (Wildman–Crippen LogP) is 1.61. The van der Waals surface area contributed by atoms with Crippen LogP contribution in [0.5, 0.6) is 0 Å². The number of rotatable bonds is 7. The standard InChI is InChI=1S/C18H24N4O3S/c23-18(21-11-5-2-6-12-21)9-10-20-26(24,25)17-13-19-22(15-17)14-16-7-3-1-4-8-16/h1,3-4,7-8,13,15,20H,2,5-6,9-12,14H2. The van der Waals surface area contributed by atoms with Gasteiger partial charge in [0.05, 0.1) is 12.7 Å². The Bertz CT molecular complexity index is 827. The summed E-state index contributed by atoms with van der Waals surface area (Å²) in [5.41, 5.74) is 1.04. The molecule has 0 bridgehead atoms. The first kappa shape index (κ1) is 18.6. The second-order valence-corrected chi connectivity index (χ2v) is 8.22. The minimum atomic E-state index is -3.66. The number of carbonyl (C=O) groups excluding carboxylic acids is 1. The molecule has 0 saturated carbocycles. The number of aromatic nitrogens is 2. The van der Waals surface area contributed by atoms with Gasteiger partial charge in [-0.2, -0.15) is 5.10 Å². The van der Waals surface area contributed by atoms with Gasteiger partial charge in [0.25, 0.3) is 0 Å². The highest BCUT2D eigenvalue weighted by molar-refractivity contribution is 7.89. The Hall–Kier alpha value is -2.19. The van der Waals surface area contributed by atoms with Crippen LogP contribution in [0.2, 0.25) is 0 Å².